The van der Waals surface area contributed by atoms with Gasteiger partial charge in [0.1, 0.15) is 0 Å². The lowest BCUT2D eigenvalue weighted by molar-refractivity contribution is 0.0940. The first-order valence-corrected chi connectivity index (χ1v) is 7.32. The van der Waals surface area contributed by atoms with Crippen molar-refractivity contribution < 1.29 is 4.79 Å². The minimum Gasteiger partial charge on any atom is -0.375 e. The van der Waals surface area contributed by atoms with Crippen LogP contribution in [0.15, 0.2) is 42.7 Å². The molecule has 21 heavy (non-hydrogen) atoms. The van der Waals surface area contributed by atoms with Crippen molar-refractivity contribution in [1.29, 1.82) is 0 Å². The molecule has 0 aliphatic heterocycles. The first-order valence-electron chi connectivity index (χ1n) is 6.50. The molecule has 1 amide bonds. The van der Waals surface area contributed by atoms with E-state index in [9.17, 15) is 4.79 Å². The SMILES string of the molecule is C[C@H](NC(=O)c1ccc2nc(N)sc2c1)c1ccncc1. The summed E-state index contributed by atoms with van der Waals surface area (Å²) in [6.45, 7) is 1.94. The van der Waals surface area contributed by atoms with Crippen molar-refractivity contribution in [2.45, 2.75) is 13.0 Å². The van der Waals surface area contributed by atoms with Gasteiger partial charge < -0.3 is 11.1 Å². The lowest BCUT2D eigenvalue weighted by Crippen LogP contribution is -2.26. The number of amides is 1. The fourth-order valence-electron chi connectivity index (χ4n) is 2.10. The molecule has 0 fully saturated rings. The maximum absolute atomic E-state index is 12.3. The Bertz CT molecular complexity index is 785. The molecule has 1 atom stereocenters. The van der Waals surface area contributed by atoms with Gasteiger partial charge in [0.15, 0.2) is 5.13 Å². The third kappa shape index (κ3) is 2.85. The van der Waals surface area contributed by atoms with Crippen LogP contribution in [-0.4, -0.2) is 15.9 Å². The molecule has 0 saturated carbocycles. The van der Waals surface area contributed by atoms with Gasteiger partial charge in [-0.15, -0.1) is 0 Å². The van der Waals surface area contributed by atoms with Crippen LogP contribution in [0.4, 0.5) is 5.13 Å². The van der Waals surface area contributed by atoms with Crippen LogP contribution in [0.1, 0.15) is 28.9 Å². The van der Waals surface area contributed by atoms with Gasteiger partial charge in [-0.05, 0) is 42.8 Å². The predicted molar refractivity (Wildman–Crippen MR) is 84.2 cm³/mol. The highest BCUT2D eigenvalue weighted by Gasteiger charge is 2.12. The van der Waals surface area contributed by atoms with Crippen LogP contribution in [-0.2, 0) is 0 Å². The molecular weight excluding hydrogens is 284 g/mol. The summed E-state index contributed by atoms with van der Waals surface area (Å²) in [6, 6.07) is 9.08. The molecule has 2 aromatic heterocycles. The third-order valence-electron chi connectivity index (χ3n) is 3.22. The molecule has 0 bridgehead atoms. The van der Waals surface area contributed by atoms with E-state index < -0.39 is 0 Å². The van der Waals surface area contributed by atoms with E-state index in [2.05, 4.69) is 15.3 Å². The average molecular weight is 298 g/mol. The molecule has 0 radical (unpaired) electrons. The zero-order valence-corrected chi connectivity index (χ0v) is 12.2. The number of benzene rings is 1. The molecule has 2 heterocycles. The summed E-state index contributed by atoms with van der Waals surface area (Å²) >= 11 is 1.38. The summed E-state index contributed by atoms with van der Waals surface area (Å²) in [7, 11) is 0. The maximum atomic E-state index is 12.3. The van der Waals surface area contributed by atoms with Crippen LogP contribution >= 0.6 is 11.3 Å². The highest BCUT2D eigenvalue weighted by atomic mass is 32.1. The number of hydrogen-bond donors (Lipinski definition) is 2. The third-order valence-corrected chi connectivity index (χ3v) is 4.07. The smallest absolute Gasteiger partial charge is 0.251 e. The Balaban J connectivity index is 1.80. The Hall–Kier alpha value is -2.47. The van der Waals surface area contributed by atoms with E-state index >= 15 is 0 Å². The Labute approximate surface area is 125 Å². The van der Waals surface area contributed by atoms with Gasteiger partial charge in [-0.2, -0.15) is 0 Å². The minimum atomic E-state index is -0.117. The van der Waals surface area contributed by atoms with Crippen LogP contribution in [0.2, 0.25) is 0 Å². The molecule has 3 N–H and O–H groups in total. The highest BCUT2D eigenvalue weighted by Crippen LogP contribution is 2.24. The summed E-state index contributed by atoms with van der Waals surface area (Å²) in [6.07, 6.45) is 3.42. The van der Waals surface area contributed by atoms with Gasteiger partial charge in [-0.1, -0.05) is 11.3 Å². The first kappa shape index (κ1) is 13.5. The number of nitrogens with zero attached hydrogens (tertiary/aromatic N) is 2. The van der Waals surface area contributed by atoms with Crippen molar-refractivity contribution in [1.82, 2.24) is 15.3 Å². The molecule has 0 unspecified atom stereocenters. The van der Waals surface area contributed by atoms with Crippen molar-refractivity contribution in [3.63, 3.8) is 0 Å². The number of carbonyl (C=O) groups excluding carboxylic acids is 1. The number of anilines is 1. The van der Waals surface area contributed by atoms with Crippen LogP contribution < -0.4 is 11.1 Å². The standard InChI is InChI=1S/C15H14N4OS/c1-9(10-4-6-17-7-5-10)18-14(20)11-2-3-12-13(8-11)21-15(16)19-12/h2-9H,1H3,(H2,16,19)(H,18,20)/t9-/m0/s1. The van der Waals surface area contributed by atoms with Gasteiger partial charge in [0.2, 0.25) is 0 Å². The van der Waals surface area contributed by atoms with Crippen molar-refractivity contribution in [3.05, 3.63) is 53.9 Å². The largest absolute Gasteiger partial charge is 0.375 e. The van der Waals surface area contributed by atoms with E-state index in [0.717, 1.165) is 15.8 Å². The molecule has 5 nitrogen and oxygen atoms in total. The van der Waals surface area contributed by atoms with Gasteiger partial charge >= 0.3 is 0 Å². The molecule has 3 aromatic rings. The number of pyridine rings is 1. The van der Waals surface area contributed by atoms with Crippen molar-refractivity contribution in [3.8, 4) is 0 Å². The normalized spacial score (nSPS) is 12.2. The molecule has 6 heteroatoms. The molecule has 106 valence electrons. The number of rotatable bonds is 3. The number of thiazole rings is 1. The Morgan fingerprint density at radius 1 is 1.29 bits per heavy atom. The summed E-state index contributed by atoms with van der Waals surface area (Å²) in [5, 5.41) is 3.48. The quantitative estimate of drug-likeness (QED) is 0.779. The first-order chi connectivity index (χ1) is 10.1. The number of nitrogens with one attached hydrogen (secondary N) is 1. The Kier molecular flexibility index (Phi) is 3.53. The van der Waals surface area contributed by atoms with Gasteiger partial charge in [0.05, 0.1) is 16.3 Å². The fraction of sp³-hybridized carbons (Fsp3) is 0.133. The maximum Gasteiger partial charge on any atom is 0.251 e. The molecule has 0 aliphatic rings. The van der Waals surface area contributed by atoms with Gasteiger partial charge in [-0.3, -0.25) is 9.78 Å². The monoisotopic (exact) mass is 298 g/mol. The molecule has 1 aromatic carbocycles. The molecule has 0 saturated heterocycles. The second kappa shape index (κ2) is 5.49. The predicted octanol–water partition coefficient (Wildman–Crippen LogP) is 2.76. The summed E-state index contributed by atoms with van der Waals surface area (Å²) in [5.41, 5.74) is 8.11. The number of fused-ring (bicyclic) bond motifs is 1. The van der Waals surface area contributed by atoms with Crippen LogP contribution in [0.25, 0.3) is 10.2 Å². The van der Waals surface area contributed by atoms with E-state index in [1.807, 2.05) is 31.2 Å². The Morgan fingerprint density at radius 3 is 2.81 bits per heavy atom. The van der Waals surface area contributed by atoms with Crippen molar-refractivity contribution in [2.24, 2.45) is 0 Å². The highest BCUT2D eigenvalue weighted by molar-refractivity contribution is 7.22. The Morgan fingerprint density at radius 2 is 2.05 bits per heavy atom. The number of nitrogens with two attached hydrogens (primary N) is 1. The average Bonchev–Trinajstić information content (AvgIpc) is 2.87. The summed E-state index contributed by atoms with van der Waals surface area (Å²) < 4.78 is 0.914. The summed E-state index contributed by atoms with van der Waals surface area (Å²) in [5.74, 6) is -0.117. The number of carbonyl (C=O) groups is 1. The zero-order chi connectivity index (χ0) is 14.8. The van der Waals surface area contributed by atoms with E-state index in [-0.39, 0.29) is 11.9 Å². The van der Waals surface area contributed by atoms with Gasteiger partial charge in [-0.25, -0.2) is 4.98 Å². The molecule has 3 rings (SSSR count). The van der Waals surface area contributed by atoms with E-state index in [1.165, 1.54) is 11.3 Å². The van der Waals surface area contributed by atoms with Gasteiger partial charge in [0, 0.05) is 18.0 Å². The number of hydrogen-bond acceptors (Lipinski definition) is 5. The molecule has 0 spiro atoms. The summed E-state index contributed by atoms with van der Waals surface area (Å²) in [4.78, 5) is 20.5. The lowest BCUT2D eigenvalue weighted by Gasteiger charge is -2.14. The van der Waals surface area contributed by atoms with Crippen LogP contribution in [0.5, 0.6) is 0 Å². The second-order valence-corrected chi connectivity index (χ2v) is 5.77. The lowest BCUT2D eigenvalue weighted by atomic mass is 10.1. The van der Waals surface area contributed by atoms with Crippen LogP contribution in [0, 0.1) is 0 Å². The number of nitrogen functional groups attached to an aromatic ring is 1. The second-order valence-electron chi connectivity index (χ2n) is 4.71. The van der Waals surface area contributed by atoms with E-state index in [1.54, 1.807) is 18.5 Å². The topological polar surface area (TPSA) is 80.9 Å². The van der Waals surface area contributed by atoms with E-state index in [4.69, 9.17) is 5.73 Å². The number of aromatic nitrogens is 2. The minimum absolute atomic E-state index is 0.0808. The van der Waals surface area contributed by atoms with E-state index in [0.29, 0.717) is 10.7 Å². The van der Waals surface area contributed by atoms with Crippen molar-refractivity contribution in [2.75, 3.05) is 5.73 Å². The van der Waals surface area contributed by atoms with Crippen LogP contribution in [0.3, 0.4) is 0 Å². The fourth-order valence-corrected chi connectivity index (χ4v) is 2.87. The van der Waals surface area contributed by atoms with Crippen molar-refractivity contribution >= 4 is 32.6 Å². The van der Waals surface area contributed by atoms with Gasteiger partial charge in [0.25, 0.3) is 5.91 Å². The zero-order valence-electron chi connectivity index (χ0n) is 11.4. The molecule has 0 aliphatic carbocycles. The molecular formula is C15H14N4OS.